The first-order chi connectivity index (χ1) is 26.5. The van der Waals surface area contributed by atoms with E-state index in [-0.39, 0.29) is 11.4 Å². The highest BCUT2D eigenvalue weighted by molar-refractivity contribution is 6.03. The Bertz CT molecular complexity index is 2100. The van der Waals surface area contributed by atoms with E-state index >= 15 is 0 Å². The standard InChI is InChI=1S/C19H15F2N3O2.C15H22N2O2.C8H9NO/c1-24-7-6-11-8-16(19(25)23-14-5-3-2-4-13(14)21)26-18(11)17-15(24)9-12(20)10-22-17;1-4-15(5-6-19-3)10-17(11-15)14-13(9-18)7-12(2)8-16-14;1-9-8-4-2-7(6-10)3-5-8/h2-5,8-10H,6-7H2,1H3,(H,23,25);7-9H,4-6,10-11H2,1-3H3;2-6,9H,1H3. The van der Waals surface area contributed by atoms with Crippen LogP contribution in [-0.4, -0.2) is 75.9 Å². The van der Waals surface area contributed by atoms with Crippen molar-refractivity contribution in [3.8, 4) is 11.5 Å². The van der Waals surface area contributed by atoms with Gasteiger partial charge in [0.15, 0.2) is 17.8 Å². The number of furan rings is 1. The summed E-state index contributed by atoms with van der Waals surface area (Å²) in [5.41, 5.74) is 5.71. The Morgan fingerprint density at radius 2 is 1.76 bits per heavy atom. The van der Waals surface area contributed by atoms with Crippen LogP contribution in [0, 0.1) is 24.0 Å². The molecule has 11 nitrogen and oxygen atoms in total. The number of nitrogens with zero attached hydrogens (tertiary/aromatic N) is 4. The van der Waals surface area contributed by atoms with E-state index in [4.69, 9.17) is 9.15 Å². The molecule has 2 aromatic carbocycles. The van der Waals surface area contributed by atoms with Crippen molar-refractivity contribution in [2.75, 3.05) is 67.9 Å². The summed E-state index contributed by atoms with van der Waals surface area (Å²) in [6.45, 7) is 7.52. The van der Waals surface area contributed by atoms with Gasteiger partial charge in [-0.25, -0.2) is 18.7 Å². The van der Waals surface area contributed by atoms with Crippen LogP contribution < -0.4 is 20.4 Å². The lowest BCUT2D eigenvalue weighted by atomic mass is 9.74. The molecule has 2 aliphatic rings. The van der Waals surface area contributed by atoms with Crippen LogP contribution in [-0.2, 0) is 11.2 Å². The van der Waals surface area contributed by atoms with Gasteiger partial charge >= 0.3 is 0 Å². The molecule has 5 aromatic rings. The molecule has 13 heteroatoms. The Labute approximate surface area is 319 Å². The van der Waals surface area contributed by atoms with E-state index in [1.54, 1.807) is 37.4 Å². The summed E-state index contributed by atoms with van der Waals surface area (Å²) in [6, 6.07) is 18.1. The molecular formula is C42H46F2N6O5. The molecule has 0 bridgehead atoms. The van der Waals surface area contributed by atoms with Gasteiger partial charge in [0.2, 0.25) is 0 Å². The first-order valence-electron chi connectivity index (χ1n) is 18.0. The number of anilines is 4. The number of rotatable bonds is 10. The molecule has 288 valence electrons. The van der Waals surface area contributed by atoms with Crippen LogP contribution in [0.25, 0.3) is 11.5 Å². The molecule has 1 saturated heterocycles. The third-order valence-electron chi connectivity index (χ3n) is 9.76. The topological polar surface area (TPSA) is 130 Å². The maximum Gasteiger partial charge on any atom is 0.291 e. The van der Waals surface area contributed by atoms with Crippen LogP contribution in [0.3, 0.4) is 0 Å². The number of fused-ring (bicyclic) bond motifs is 3. The number of carbonyl (C=O) groups excluding carboxylic acids is 3. The van der Waals surface area contributed by atoms with Gasteiger partial charge in [0.05, 0.1) is 23.1 Å². The molecule has 5 heterocycles. The molecule has 1 amide bonds. The minimum absolute atomic E-state index is 0.0554. The quantitative estimate of drug-likeness (QED) is 0.136. The van der Waals surface area contributed by atoms with Gasteiger partial charge in [-0.3, -0.25) is 14.4 Å². The largest absolute Gasteiger partial charge is 0.449 e. The van der Waals surface area contributed by atoms with E-state index in [1.165, 1.54) is 18.2 Å². The summed E-state index contributed by atoms with van der Waals surface area (Å²) in [4.78, 5) is 46.4. The zero-order valence-corrected chi connectivity index (χ0v) is 31.7. The highest BCUT2D eigenvalue weighted by Gasteiger charge is 2.42. The van der Waals surface area contributed by atoms with Crippen molar-refractivity contribution in [1.82, 2.24) is 9.97 Å². The summed E-state index contributed by atoms with van der Waals surface area (Å²) in [6.07, 6.45) is 7.48. The first-order valence-corrected chi connectivity index (χ1v) is 18.0. The van der Waals surface area contributed by atoms with Gasteiger partial charge < -0.3 is 29.6 Å². The molecule has 0 saturated carbocycles. The van der Waals surface area contributed by atoms with Crippen LogP contribution in [0.4, 0.5) is 31.7 Å². The SMILES string of the molecule is CCC1(CCOC)CN(c2ncc(C)cc2C=O)C1.CN1CCc2cc(C(=O)Nc3ccccc3F)oc2-c2ncc(F)cc21.CNc1ccc(C=O)cc1. The molecule has 0 aliphatic carbocycles. The van der Waals surface area contributed by atoms with E-state index < -0.39 is 17.5 Å². The number of pyridine rings is 2. The molecule has 0 spiro atoms. The van der Waals surface area contributed by atoms with E-state index in [2.05, 4.69) is 32.4 Å². The van der Waals surface area contributed by atoms with Crippen molar-refractivity contribution in [2.45, 2.75) is 33.1 Å². The van der Waals surface area contributed by atoms with Crippen LogP contribution >= 0.6 is 0 Å². The lowest BCUT2D eigenvalue weighted by molar-refractivity contribution is 0.0996. The average Bonchev–Trinajstić information content (AvgIpc) is 3.57. The number of methoxy groups -OCH3 is 1. The van der Waals surface area contributed by atoms with E-state index in [9.17, 15) is 23.2 Å². The van der Waals surface area contributed by atoms with E-state index in [0.29, 0.717) is 46.6 Å². The monoisotopic (exact) mass is 752 g/mol. The molecule has 55 heavy (non-hydrogen) atoms. The second-order valence-corrected chi connectivity index (χ2v) is 13.6. The predicted molar refractivity (Wildman–Crippen MR) is 210 cm³/mol. The number of hydrogen-bond acceptors (Lipinski definition) is 10. The fourth-order valence-corrected chi connectivity index (χ4v) is 6.43. The Hall–Kier alpha value is -5.95. The summed E-state index contributed by atoms with van der Waals surface area (Å²) in [7, 11) is 5.43. The van der Waals surface area contributed by atoms with Crippen LogP contribution in [0.1, 0.15) is 62.2 Å². The Kier molecular flexibility index (Phi) is 13.5. The number of hydrogen-bond donors (Lipinski definition) is 2. The summed E-state index contributed by atoms with van der Waals surface area (Å²) >= 11 is 0. The number of halogens is 2. The van der Waals surface area contributed by atoms with Gasteiger partial charge in [-0.05, 0) is 80.3 Å². The highest BCUT2D eigenvalue weighted by atomic mass is 19.1. The zero-order chi connectivity index (χ0) is 39.5. The van der Waals surface area contributed by atoms with Gasteiger partial charge in [-0.15, -0.1) is 0 Å². The van der Waals surface area contributed by atoms with Gasteiger partial charge in [0.1, 0.15) is 29.4 Å². The molecule has 0 atom stereocenters. The lowest BCUT2D eigenvalue weighted by Gasteiger charge is -2.51. The van der Waals surface area contributed by atoms with Crippen molar-refractivity contribution >= 4 is 41.4 Å². The molecular weight excluding hydrogens is 706 g/mol. The van der Waals surface area contributed by atoms with Crippen molar-refractivity contribution < 1.29 is 32.3 Å². The third kappa shape index (κ3) is 9.78. The fraction of sp³-hybridized carbons (Fsp3) is 0.310. The van der Waals surface area contributed by atoms with E-state index in [1.807, 2.05) is 50.3 Å². The molecule has 1 fully saturated rings. The van der Waals surface area contributed by atoms with Crippen LogP contribution in [0.5, 0.6) is 0 Å². The molecule has 3 aromatic heterocycles. The molecule has 2 N–H and O–H groups in total. The van der Waals surface area contributed by atoms with Gasteiger partial charge in [0, 0.05) is 81.9 Å². The molecule has 2 aliphatic heterocycles. The lowest BCUT2D eigenvalue weighted by Crippen LogP contribution is -2.57. The van der Waals surface area contributed by atoms with Crippen LogP contribution in [0.2, 0.25) is 0 Å². The number of para-hydroxylation sites is 1. The van der Waals surface area contributed by atoms with Crippen molar-refractivity contribution in [3.05, 3.63) is 119 Å². The number of benzene rings is 2. The van der Waals surface area contributed by atoms with Crippen molar-refractivity contribution in [3.63, 3.8) is 0 Å². The smallest absolute Gasteiger partial charge is 0.291 e. The highest BCUT2D eigenvalue weighted by Crippen LogP contribution is 2.40. The zero-order valence-electron chi connectivity index (χ0n) is 31.7. The third-order valence-corrected chi connectivity index (χ3v) is 9.76. The van der Waals surface area contributed by atoms with Gasteiger partial charge in [-0.2, -0.15) is 0 Å². The summed E-state index contributed by atoms with van der Waals surface area (Å²) in [5, 5.41) is 5.46. The summed E-state index contributed by atoms with van der Waals surface area (Å²) < 4.78 is 38.2. The number of nitrogens with one attached hydrogen (secondary N) is 2. The number of likely N-dealkylation sites (N-methyl/N-ethyl adjacent to an activating group) is 1. The summed E-state index contributed by atoms with van der Waals surface area (Å²) in [5.74, 6) is -0.216. The van der Waals surface area contributed by atoms with Gasteiger partial charge in [0.25, 0.3) is 5.91 Å². The number of aryl methyl sites for hydroxylation is 1. The Morgan fingerprint density at radius 3 is 2.42 bits per heavy atom. The Morgan fingerprint density at radius 1 is 1.02 bits per heavy atom. The molecule has 0 radical (unpaired) electrons. The predicted octanol–water partition coefficient (Wildman–Crippen LogP) is 7.86. The second-order valence-electron chi connectivity index (χ2n) is 13.6. The van der Waals surface area contributed by atoms with Gasteiger partial charge in [-0.1, -0.05) is 19.1 Å². The maximum atomic E-state index is 13.7. The number of ether oxygens (including phenoxy) is 1. The number of amides is 1. The number of aldehydes is 2. The van der Waals surface area contributed by atoms with Crippen LogP contribution in [0.15, 0.2) is 83.5 Å². The fourth-order valence-electron chi connectivity index (χ4n) is 6.43. The minimum Gasteiger partial charge on any atom is -0.449 e. The maximum absolute atomic E-state index is 13.7. The Balaban J connectivity index is 0.000000175. The van der Waals surface area contributed by atoms with Crippen molar-refractivity contribution in [1.29, 1.82) is 0 Å². The first kappa shape index (κ1) is 40.2. The van der Waals surface area contributed by atoms with E-state index in [0.717, 1.165) is 73.9 Å². The second kappa shape index (κ2) is 18.4. The average molecular weight is 753 g/mol. The minimum atomic E-state index is -0.555. The normalized spacial score (nSPS) is 13.7. The number of aromatic nitrogens is 2. The number of carbonyl (C=O) groups is 3. The van der Waals surface area contributed by atoms with Crippen molar-refractivity contribution in [2.24, 2.45) is 5.41 Å². The molecule has 7 rings (SSSR count). The molecule has 0 unspecified atom stereocenters.